The second-order valence-electron chi connectivity index (χ2n) is 7.18. The van der Waals surface area contributed by atoms with Crippen molar-refractivity contribution in [3.05, 3.63) is 78.9 Å². The van der Waals surface area contributed by atoms with Gasteiger partial charge in [0.15, 0.2) is 0 Å². The average molecular weight is 469 g/mol. The van der Waals surface area contributed by atoms with Crippen molar-refractivity contribution in [2.24, 2.45) is 0 Å². The molecule has 0 aliphatic rings. The molecule has 0 saturated heterocycles. The van der Waals surface area contributed by atoms with E-state index in [2.05, 4.69) is 5.32 Å². The lowest BCUT2D eigenvalue weighted by atomic mass is 10.2. The smallest absolute Gasteiger partial charge is 0.264 e. The molecule has 8 heteroatoms. The number of amides is 1. The Morgan fingerprint density at radius 3 is 2.27 bits per heavy atom. The van der Waals surface area contributed by atoms with E-state index in [-0.39, 0.29) is 23.8 Å². The van der Waals surface area contributed by atoms with Crippen LogP contribution in [0.2, 0.25) is 0 Å². The Morgan fingerprint density at radius 2 is 1.64 bits per heavy atom. The van der Waals surface area contributed by atoms with E-state index >= 15 is 0 Å². The van der Waals surface area contributed by atoms with Crippen molar-refractivity contribution in [2.45, 2.75) is 24.7 Å². The molecule has 3 aromatic carbocycles. The first-order chi connectivity index (χ1) is 16.0. The minimum absolute atomic E-state index is 0.0664. The van der Waals surface area contributed by atoms with Gasteiger partial charge in [-0.1, -0.05) is 36.4 Å². The van der Waals surface area contributed by atoms with Gasteiger partial charge in [0.1, 0.15) is 11.5 Å². The minimum atomic E-state index is -3.83. The molecule has 0 aliphatic heterocycles. The zero-order valence-corrected chi connectivity index (χ0v) is 19.5. The summed E-state index contributed by atoms with van der Waals surface area (Å²) < 4.78 is 38.9. The fourth-order valence-electron chi connectivity index (χ4n) is 3.31. The summed E-state index contributed by atoms with van der Waals surface area (Å²) in [5.74, 6) is 0.872. The zero-order chi connectivity index (χ0) is 23.7. The molecule has 7 nitrogen and oxygen atoms in total. The number of nitrogens with zero attached hydrogens (tertiary/aromatic N) is 1. The molecular weight excluding hydrogens is 440 g/mol. The van der Waals surface area contributed by atoms with E-state index in [0.717, 1.165) is 5.75 Å². The molecule has 0 bridgehead atoms. The number of anilines is 2. The summed E-state index contributed by atoms with van der Waals surface area (Å²) >= 11 is 0. The maximum absolute atomic E-state index is 13.3. The van der Waals surface area contributed by atoms with E-state index in [0.29, 0.717) is 30.2 Å². The summed E-state index contributed by atoms with van der Waals surface area (Å²) in [5, 5.41) is 2.77. The van der Waals surface area contributed by atoms with Crippen LogP contribution in [0, 0.1) is 0 Å². The van der Waals surface area contributed by atoms with Gasteiger partial charge in [-0.3, -0.25) is 9.10 Å². The minimum Gasteiger partial charge on any atom is -0.495 e. The third kappa shape index (κ3) is 6.26. The predicted octanol–water partition coefficient (Wildman–Crippen LogP) is 4.71. The molecule has 0 spiro atoms. The van der Waals surface area contributed by atoms with Gasteiger partial charge in [-0.25, -0.2) is 8.42 Å². The molecule has 3 aromatic rings. The van der Waals surface area contributed by atoms with Crippen molar-refractivity contribution in [2.75, 3.05) is 29.9 Å². The highest BCUT2D eigenvalue weighted by Crippen LogP contribution is 2.31. The Bertz CT molecular complexity index is 1150. The summed E-state index contributed by atoms with van der Waals surface area (Å²) in [6.07, 6.45) is 0.733. The number of nitrogens with one attached hydrogen (secondary N) is 1. The van der Waals surface area contributed by atoms with Gasteiger partial charge in [-0.05, 0) is 55.8 Å². The number of hydrogen-bond acceptors (Lipinski definition) is 5. The van der Waals surface area contributed by atoms with Crippen LogP contribution < -0.4 is 19.1 Å². The fourth-order valence-corrected chi connectivity index (χ4v) is 4.81. The van der Waals surface area contributed by atoms with Crippen LogP contribution in [0.4, 0.5) is 11.4 Å². The number of carbonyl (C=O) groups excluding carboxylic acids is 1. The summed E-state index contributed by atoms with van der Waals surface area (Å²) in [4.78, 5) is 12.5. The maximum atomic E-state index is 13.3. The van der Waals surface area contributed by atoms with Crippen molar-refractivity contribution in [3.8, 4) is 11.5 Å². The number of hydrogen-bond donors (Lipinski definition) is 1. The van der Waals surface area contributed by atoms with E-state index in [1.807, 2.05) is 36.4 Å². The summed E-state index contributed by atoms with van der Waals surface area (Å²) in [5.41, 5.74) is 0.872. The number of rotatable bonds is 11. The van der Waals surface area contributed by atoms with Gasteiger partial charge >= 0.3 is 0 Å². The topological polar surface area (TPSA) is 84.9 Å². The van der Waals surface area contributed by atoms with Crippen molar-refractivity contribution in [1.29, 1.82) is 0 Å². The molecule has 1 N–H and O–H groups in total. The van der Waals surface area contributed by atoms with Crippen LogP contribution in [0.25, 0.3) is 0 Å². The molecule has 0 aliphatic carbocycles. The maximum Gasteiger partial charge on any atom is 0.264 e. The Labute approximate surface area is 195 Å². The number of para-hydroxylation sites is 2. The van der Waals surface area contributed by atoms with E-state index in [4.69, 9.17) is 9.47 Å². The number of methoxy groups -OCH3 is 1. The highest BCUT2D eigenvalue weighted by atomic mass is 32.2. The predicted molar refractivity (Wildman–Crippen MR) is 129 cm³/mol. The number of ether oxygens (including phenoxy) is 2. The van der Waals surface area contributed by atoms with Gasteiger partial charge in [0.05, 0.1) is 30.0 Å². The standard InChI is InChI=1S/C25H28N2O5S/c1-3-27(20-11-6-4-7-12-20)33(29,30)22-16-17-24(31-2)23(19-22)26-25(28)15-10-18-32-21-13-8-5-9-14-21/h4-9,11-14,16-17,19H,3,10,15,18H2,1-2H3,(H,26,28). The monoisotopic (exact) mass is 468 g/mol. The van der Waals surface area contributed by atoms with Gasteiger partial charge in [0.25, 0.3) is 10.0 Å². The second-order valence-corrected chi connectivity index (χ2v) is 9.04. The van der Waals surface area contributed by atoms with E-state index in [9.17, 15) is 13.2 Å². The molecule has 0 heterocycles. The van der Waals surface area contributed by atoms with Crippen molar-refractivity contribution in [1.82, 2.24) is 0 Å². The molecule has 0 radical (unpaired) electrons. The van der Waals surface area contributed by atoms with Crippen LogP contribution >= 0.6 is 0 Å². The Hall–Kier alpha value is -3.52. The van der Waals surface area contributed by atoms with Crippen LogP contribution in [0.15, 0.2) is 83.8 Å². The normalized spacial score (nSPS) is 11.0. The number of sulfonamides is 1. The van der Waals surface area contributed by atoms with Crippen molar-refractivity contribution >= 4 is 27.3 Å². The van der Waals surface area contributed by atoms with Gasteiger partial charge in [0, 0.05) is 13.0 Å². The first-order valence-corrected chi connectivity index (χ1v) is 12.1. The van der Waals surface area contributed by atoms with E-state index in [1.54, 1.807) is 37.3 Å². The van der Waals surface area contributed by atoms with Crippen LogP contribution in [0.5, 0.6) is 11.5 Å². The van der Waals surface area contributed by atoms with Crippen LogP contribution in [-0.4, -0.2) is 34.6 Å². The van der Waals surface area contributed by atoms with E-state index in [1.165, 1.54) is 23.5 Å². The fraction of sp³-hybridized carbons (Fsp3) is 0.240. The third-order valence-electron chi connectivity index (χ3n) is 4.92. The summed E-state index contributed by atoms with van der Waals surface area (Å²) in [6, 6.07) is 22.7. The molecule has 0 unspecified atom stereocenters. The van der Waals surface area contributed by atoms with Gasteiger partial charge in [-0.2, -0.15) is 0 Å². The molecular formula is C25H28N2O5S. The molecule has 0 aromatic heterocycles. The largest absolute Gasteiger partial charge is 0.495 e. The highest BCUT2D eigenvalue weighted by molar-refractivity contribution is 7.92. The first kappa shape index (κ1) is 24.1. The SMILES string of the molecule is CCN(c1ccccc1)S(=O)(=O)c1ccc(OC)c(NC(=O)CCCOc2ccccc2)c1. The lowest BCUT2D eigenvalue weighted by molar-refractivity contribution is -0.116. The molecule has 0 saturated carbocycles. The Kier molecular flexibility index (Phi) is 8.32. The third-order valence-corrected chi connectivity index (χ3v) is 6.82. The van der Waals surface area contributed by atoms with Gasteiger partial charge < -0.3 is 14.8 Å². The molecule has 1 amide bonds. The van der Waals surface area contributed by atoms with Gasteiger partial charge in [-0.15, -0.1) is 0 Å². The highest BCUT2D eigenvalue weighted by Gasteiger charge is 2.25. The van der Waals surface area contributed by atoms with Crippen molar-refractivity contribution < 1.29 is 22.7 Å². The lowest BCUT2D eigenvalue weighted by Gasteiger charge is -2.23. The zero-order valence-electron chi connectivity index (χ0n) is 18.7. The molecule has 0 atom stereocenters. The quantitative estimate of drug-likeness (QED) is 0.412. The van der Waals surface area contributed by atoms with Gasteiger partial charge in [0.2, 0.25) is 5.91 Å². The van der Waals surface area contributed by atoms with Crippen LogP contribution in [-0.2, 0) is 14.8 Å². The second kappa shape index (κ2) is 11.4. The van der Waals surface area contributed by atoms with Crippen molar-refractivity contribution in [3.63, 3.8) is 0 Å². The Balaban J connectivity index is 1.70. The lowest BCUT2D eigenvalue weighted by Crippen LogP contribution is -2.30. The van der Waals surface area contributed by atoms with Crippen LogP contribution in [0.3, 0.4) is 0 Å². The summed E-state index contributed by atoms with van der Waals surface area (Å²) in [7, 11) is -2.37. The molecule has 174 valence electrons. The Morgan fingerprint density at radius 1 is 0.970 bits per heavy atom. The molecule has 0 fully saturated rings. The number of carbonyl (C=O) groups is 1. The first-order valence-electron chi connectivity index (χ1n) is 10.7. The average Bonchev–Trinajstić information content (AvgIpc) is 2.83. The molecule has 33 heavy (non-hydrogen) atoms. The molecule has 3 rings (SSSR count). The van der Waals surface area contributed by atoms with Crippen LogP contribution in [0.1, 0.15) is 19.8 Å². The van der Waals surface area contributed by atoms with E-state index < -0.39 is 10.0 Å². The number of benzene rings is 3. The summed E-state index contributed by atoms with van der Waals surface area (Å²) in [6.45, 7) is 2.43.